The maximum atomic E-state index is 12.1. The van der Waals surface area contributed by atoms with E-state index >= 15 is 0 Å². The van der Waals surface area contributed by atoms with Gasteiger partial charge in [0, 0.05) is 30.9 Å². The summed E-state index contributed by atoms with van der Waals surface area (Å²) < 4.78 is 7.92. The van der Waals surface area contributed by atoms with E-state index in [-0.39, 0.29) is 12.0 Å². The Morgan fingerprint density at radius 1 is 1.28 bits per heavy atom. The number of nitrogens with one attached hydrogen (secondary N) is 1. The molecule has 1 saturated heterocycles. The van der Waals surface area contributed by atoms with Gasteiger partial charge in [-0.3, -0.25) is 19.0 Å². The molecule has 4 N–H and O–H groups in total. The Morgan fingerprint density at radius 3 is 2.64 bits per heavy atom. The number of rotatable bonds is 5. The van der Waals surface area contributed by atoms with Crippen molar-refractivity contribution in [1.29, 1.82) is 0 Å². The molecule has 1 aliphatic rings. The van der Waals surface area contributed by atoms with Crippen molar-refractivity contribution in [2.45, 2.75) is 44.4 Å². The Balaban J connectivity index is 1.93. The second kappa shape index (κ2) is 6.88. The van der Waals surface area contributed by atoms with E-state index in [1.54, 1.807) is 10.9 Å². The predicted molar refractivity (Wildman–Crippen MR) is 82.8 cm³/mol. The van der Waals surface area contributed by atoms with Crippen LogP contribution in [0.3, 0.4) is 0 Å². The molecular formula is C14H19N5O6. The third-order valence-electron chi connectivity index (χ3n) is 4.11. The highest BCUT2D eigenvalue weighted by molar-refractivity contribution is 5.14. The van der Waals surface area contributed by atoms with Crippen molar-refractivity contribution < 1.29 is 20.1 Å². The van der Waals surface area contributed by atoms with E-state index in [4.69, 9.17) is 9.84 Å². The number of aliphatic hydroxyl groups excluding tert-OH is 3. The van der Waals surface area contributed by atoms with Crippen LogP contribution in [0, 0.1) is 0 Å². The van der Waals surface area contributed by atoms with Gasteiger partial charge in [0.05, 0.1) is 12.3 Å². The monoisotopic (exact) mass is 353 g/mol. The maximum absolute atomic E-state index is 12.1. The largest absolute Gasteiger partial charge is 0.394 e. The van der Waals surface area contributed by atoms with Crippen molar-refractivity contribution in [3.8, 4) is 0 Å². The highest BCUT2D eigenvalue weighted by Crippen LogP contribution is 2.28. The molecule has 1 aliphatic heterocycles. The van der Waals surface area contributed by atoms with E-state index in [0.717, 1.165) is 4.57 Å². The Hall–Kier alpha value is -2.34. The lowest BCUT2D eigenvalue weighted by molar-refractivity contribution is -0.0551. The Morgan fingerprint density at radius 2 is 2.04 bits per heavy atom. The highest BCUT2D eigenvalue weighted by Gasteiger charge is 2.43. The van der Waals surface area contributed by atoms with E-state index in [0.29, 0.717) is 12.2 Å². The molecular weight excluding hydrogens is 334 g/mol. The van der Waals surface area contributed by atoms with Crippen LogP contribution < -0.4 is 11.2 Å². The fourth-order valence-electron chi connectivity index (χ4n) is 2.72. The van der Waals surface area contributed by atoms with Gasteiger partial charge in [0.25, 0.3) is 5.56 Å². The van der Waals surface area contributed by atoms with Crippen LogP contribution in [-0.2, 0) is 17.7 Å². The molecule has 4 atom stereocenters. The Bertz CT molecular complexity index is 858. The van der Waals surface area contributed by atoms with Gasteiger partial charge in [-0.05, 0) is 6.92 Å². The average Bonchev–Trinajstić information content (AvgIpc) is 3.16. The molecule has 2 aromatic rings. The molecule has 4 unspecified atom stereocenters. The summed E-state index contributed by atoms with van der Waals surface area (Å²) >= 11 is 0. The molecule has 0 aliphatic carbocycles. The molecule has 1 fully saturated rings. The second-order valence-electron chi connectivity index (χ2n) is 5.79. The van der Waals surface area contributed by atoms with Gasteiger partial charge >= 0.3 is 5.69 Å². The topological polar surface area (TPSA) is 155 Å². The number of H-pyrrole nitrogens is 1. The minimum atomic E-state index is -1.42. The van der Waals surface area contributed by atoms with E-state index in [2.05, 4.69) is 15.3 Å². The Kier molecular flexibility index (Phi) is 4.81. The van der Waals surface area contributed by atoms with Crippen molar-refractivity contribution in [3.63, 3.8) is 0 Å². The highest BCUT2D eigenvalue weighted by atomic mass is 16.6. The van der Waals surface area contributed by atoms with Crippen molar-refractivity contribution in [2.24, 2.45) is 0 Å². The van der Waals surface area contributed by atoms with E-state index < -0.39 is 42.4 Å². The first-order valence-corrected chi connectivity index (χ1v) is 7.80. The molecule has 2 aromatic heterocycles. The number of aliphatic hydroxyl groups is 3. The summed E-state index contributed by atoms with van der Waals surface area (Å²) in [4.78, 5) is 26.3. The van der Waals surface area contributed by atoms with Crippen LogP contribution >= 0.6 is 0 Å². The molecule has 0 bridgehead atoms. The quantitative estimate of drug-likeness (QED) is 0.454. The zero-order valence-electron chi connectivity index (χ0n) is 13.4. The summed E-state index contributed by atoms with van der Waals surface area (Å²) in [6, 6.07) is 0. The number of aryl methyl sites for hydroxylation is 1. The first-order valence-electron chi connectivity index (χ1n) is 7.80. The van der Waals surface area contributed by atoms with Gasteiger partial charge in [-0.2, -0.15) is 0 Å². The molecule has 11 nitrogen and oxygen atoms in total. The lowest BCUT2D eigenvalue weighted by Crippen LogP contribution is -2.39. The van der Waals surface area contributed by atoms with Crippen molar-refractivity contribution >= 4 is 0 Å². The number of hydrogen-bond donors (Lipinski definition) is 4. The van der Waals surface area contributed by atoms with Crippen LogP contribution in [0.15, 0.2) is 22.0 Å². The van der Waals surface area contributed by atoms with Gasteiger partial charge in [0.2, 0.25) is 0 Å². The molecule has 25 heavy (non-hydrogen) atoms. The van der Waals surface area contributed by atoms with Crippen LogP contribution in [0.25, 0.3) is 0 Å². The van der Waals surface area contributed by atoms with Crippen LogP contribution in [-0.4, -0.2) is 64.8 Å². The fraction of sp³-hybridized carbons (Fsp3) is 0.571. The first kappa shape index (κ1) is 17.5. The van der Waals surface area contributed by atoms with E-state index in [1.807, 2.05) is 6.92 Å². The summed E-state index contributed by atoms with van der Waals surface area (Å²) in [6.45, 7) is 2.01. The van der Waals surface area contributed by atoms with E-state index in [1.165, 1.54) is 6.20 Å². The standard InChI is InChI=1S/C14H19N5O6/c1-2-18-5-8(16-17-18)3-7-4-19(14(24)15-12(7)23)13-11(22)10(21)9(6-20)25-13/h4-5,9-11,13,20-22H,2-3,6H2,1H3,(H,15,23,24). The lowest BCUT2D eigenvalue weighted by Gasteiger charge is -2.17. The summed E-state index contributed by atoms with van der Waals surface area (Å²) in [5.74, 6) is 0. The van der Waals surface area contributed by atoms with Crippen LogP contribution in [0.2, 0.25) is 0 Å². The number of aromatic amines is 1. The summed E-state index contributed by atoms with van der Waals surface area (Å²) in [6.07, 6.45) is -1.94. The molecule has 3 heterocycles. The molecule has 0 saturated carbocycles. The molecule has 0 amide bonds. The summed E-state index contributed by atoms with van der Waals surface area (Å²) in [7, 11) is 0. The number of ether oxygens (including phenoxy) is 1. The van der Waals surface area contributed by atoms with Gasteiger partial charge in [-0.1, -0.05) is 5.21 Å². The van der Waals surface area contributed by atoms with Crippen LogP contribution in [0.1, 0.15) is 24.4 Å². The number of aromatic nitrogens is 5. The predicted octanol–water partition coefficient (Wildman–Crippen LogP) is -2.65. The van der Waals surface area contributed by atoms with Crippen LogP contribution in [0.5, 0.6) is 0 Å². The maximum Gasteiger partial charge on any atom is 0.330 e. The minimum Gasteiger partial charge on any atom is -0.394 e. The first-order chi connectivity index (χ1) is 11.9. The van der Waals surface area contributed by atoms with Gasteiger partial charge < -0.3 is 20.1 Å². The molecule has 3 rings (SSSR count). The smallest absolute Gasteiger partial charge is 0.330 e. The lowest BCUT2D eigenvalue weighted by atomic mass is 10.1. The zero-order chi connectivity index (χ0) is 18.1. The van der Waals surface area contributed by atoms with Crippen LogP contribution in [0.4, 0.5) is 0 Å². The SMILES string of the molecule is CCn1cc(Cc2cn(C3OC(CO)C(O)C3O)c(=O)[nH]c2=O)nn1. The van der Waals surface area contributed by atoms with Gasteiger partial charge in [0.15, 0.2) is 6.23 Å². The summed E-state index contributed by atoms with van der Waals surface area (Å²) in [5, 5.41) is 36.9. The number of nitrogens with zero attached hydrogens (tertiary/aromatic N) is 4. The number of hydrogen-bond acceptors (Lipinski definition) is 8. The molecule has 0 spiro atoms. The minimum absolute atomic E-state index is 0.129. The van der Waals surface area contributed by atoms with Gasteiger partial charge in [0.1, 0.15) is 18.3 Å². The second-order valence-corrected chi connectivity index (χ2v) is 5.79. The van der Waals surface area contributed by atoms with Gasteiger partial charge in [-0.15, -0.1) is 5.10 Å². The van der Waals surface area contributed by atoms with Gasteiger partial charge in [-0.25, -0.2) is 4.79 Å². The van der Waals surface area contributed by atoms with E-state index in [9.17, 15) is 19.8 Å². The average molecular weight is 353 g/mol. The van der Waals surface area contributed by atoms with Crippen molar-refractivity contribution in [2.75, 3.05) is 6.61 Å². The third-order valence-corrected chi connectivity index (χ3v) is 4.11. The van der Waals surface area contributed by atoms with Crippen molar-refractivity contribution in [3.05, 3.63) is 44.5 Å². The molecule has 11 heteroatoms. The normalized spacial score (nSPS) is 26.2. The fourth-order valence-corrected chi connectivity index (χ4v) is 2.72. The third kappa shape index (κ3) is 3.26. The molecule has 136 valence electrons. The zero-order valence-corrected chi connectivity index (χ0v) is 13.4. The Labute approximate surface area is 141 Å². The van der Waals surface area contributed by atoms with Crippen molar-refractivity contribution in [1.82, 2.24) is 24.5 Å². The molecule has 0 radical (unpaired) electrons. The molecule has 0 aromatic carbocycles. The summed E-state index contributed by atoms with van der Waals surface area (Å²) in [5.41, 5.74) is -0.612.